The van der Waals surface area contributed by atoms with Crippen molar-refractivity contribution >= 4 is 11.9 Å². The number of aryl methyl sites for hydroxylation is 1. The van der Waals surface area contributed by atoms with E-state index in [-0.39, 0.29) is 22.9 Å². The molecule has 0 amide bonds. The predicted molar refractivity (Wildman–Crippen MR) is 78.8 cm³/mol. The number of carbonyl (C=O) groups excluding carboxylic acids is 1. The molecule has 0 aliphatic carbocycles. The Bertz CT molecular complexity index is 742. The summed E-state index contributed by atoms with van der Waals surface area (Å²) in [5, 5.41) is 9.89. The number of benzene rings is 2. The molecule has 0 radical (unpaired) electrons. The highest BCUT2D eigenvalue weighted by molar-refractivity contribution is 6.16. The fourth-order valence-corrected chi connectivity index (χ4v) is 2.28. The van der Waals surface area contributed by atoms with Gasteiger partial charge in [0.05, 0.1) is 7.11 Å². The Morgan fingerprint density at radius 1 is 1.19 bits per heavy atom. The number of rotatable bonds is 2. The van der Waals surface area contributed by atoms with Crippen molar-refractivity contribution in [2.45, 2.75) is 6.92 Å². The first-order valence-corrected chi connectivity index (χ1v) is 6.50. The number of Topliss-reactive ketones (excluding diaryl/α,β-unsaturated/α-hetero) is 1. The van der Waals surface area contributed by atoms with E-state index in [0.717, 1.165) is 16.9 Å². The van der Waals surface area contributed by atoms with E-state index in [1.165, 1.54) is 0 Å². The van der Waals surface area contributed by atoms with Crippen molar-refractivity contribution in [1.82, 2.24) is 0 Å². The minimum atomic E-state index is -0.307. The lowest BCUT2D eigenvalue weighted by atomic mass is 10.1. The minimum Gasteiger partial charge on any atom is -0.507 e. The summed E-state index contributed by atoms with van der Waals surface area (Å²) in [7, 11) is 1.60. The van der Waals surface area contributed by atoms with Gasteiger partial charge in [-0.25, -0.2) is 0 Å². The van der Waals surface area contributed by atoms with Crippen LogP contribution in [-0.4, -0.2) is 18.0 Å². The lowest BCUT2D eigenvalue weighted by Gasteiger charge is -2.01. The zero-order valence-electron chi connectivity index (χ0n) is 11.7. The van der Waals surface area contributed by atoms with Crippen LogP contribution in [0.5, 0.6) is 17.2 Å². The summed E-state index contributed by atoms with van der Waals surface area (Å²) in [6.45, 7) is 1.83. The number of hydrogen-bond acceptors (Lipinski definition) is 4. The molecule has 0 saturated heterocycles. The summed E-state index contributed by atoms with van der Waals surface area (Å²) in [6, 6.07) is 10.6. The maximum absolute atomic E-state index is 12.3. The van der Waals surface area contributed by atoms with E-state index in [2.05, 4.69) is 0 Å². The van der Waals surface area contributed by atoms with Crippen molar-refractivity contribution in [2.24, 2.45) is 0 Å². The van der Waals surface area contributed by atoms with Crippen LogP contribution >= 0.6 is 0 Å². The van der Waals surface area contributed by atoms with Gasteiger partial charge in [-0.1, -0.05) is 12.1 Å². The summed E-state index contributed by atoms with van der Waals surface area (Å²) >= 11 is 0. The van der Waals surface area contributed by atoms with Crippen molar-refractivity contribution < 1.29 is 19.4 Å². The summed E-state index contributed by atoms with van der Waals surface area (Å²) in [5.74, 6) is 0.993. The highest BCUT2D eigenvalue weighted by Crippen LogP contribution is 2.38. The number of phenolic OH excluding ortho intramolecular Hbond substituents is 1. The lowest BCUT2D eigenvalue weighted by Crippen LogP contribution is -1.98. The largest absolute Gasteiger partial charge is 0.507 e. The molecule has 0 fully saturated rings. The standard InChI is InChI=1S/C17H14O4/c1-10-7-13(18)16-14(8-10)21-15(17(16)19)9-11-3-5-12(20-2)6-4-11/h3-9,18H,1-2H3. The molecule has 2 aromatic carbocycles. The predicted octanol–water partition coefficient (Wildman–Crippen LogP) is 3.33. The molecule has 21 heavy (non-hydrogen) atoms. The third-order valence-corrected chi connectivity index (χ3v) is 3.31. The fourth-order valence-electron chi connectivity index (χ4n) is 2.28. The number of fused-ring (bicyclic) bond motifs is 1. The van der Waals surface area contributed by atoms with Gasteiger partial charge in [0.2, 0.25) is 5.78 Å². The summed E-state index contributed by atoms with van der Waals surface area (Å²) < 4.78 is 10.6. The van der Waals surface area contributed by atoms with Gasteiger partial charge in [-0.3, -0.25) is 4.79 Å². The Balaban J connectivity index is 1.96. The van der Waals surface area contributed by atoms with Crippen LogP contribution in [0.15, 0.2) is 42.2 Å². The van der Waals surface area contributed by atoms with Gasteiger partial charge in [-0.2, -0.15) is 0 Å². The van der Waals surface area contributed by atoms with Crippen LogP contribution in [0.4, 0.5) is 0 Å². The number of ketones is 1. The third-order valence-electron chi connectivity index (χ3n) is 3.31. The minimum absolute atomic E-state index is 0.0480. The monoisotopic (exact) mass is 282 g/mol. The molecule has 1 heterocycles. The molecule has 2 aromatic rings. The highest BCUT2D eigenvalue weighted by Gasteiger charge is 2.30. The Hall–Kier alpha value is -2.75. The van der Waals surface area contributed by atoms with Gasteiger partial charge in [0.25, 0.3) is 0 Å². The molecule has 106 valence electrons. The fraction of sp³-hybridized carbons (Fsp3) is 0.118. The molecule has 1 aliphatic rings. The van der Waals surface area contributed by atoms with Gasteiger partial charge in [0.1, 0.15) is 22.8 Å². The first kappa shape index (κ1) is 13.2. The molecular formula is C17H14O4. The molecular weight excluding hydrogens is 268 g/mol. The second-order valence-electron chi connectivity index (χ2n) is 4.87. The van der Waals surface area contributed by atoms with Crippen molar-refractivity contribution in [3.05, 3.63) is 58.8 Å². The van der Waals surface area contributed by atoms with Gasteiger partial charge in [0, 0.05) is 0 Å². The Labute approximate surface area is 122 Å². The molecule has 0 atom stereocenters. The normalized spacial score (nSPS) is 15.0. The third kappa shape index (κ3) is 2.36. The van der Waals surface area contributed by atoms with Crippen LogP contribution < -0.4 is 9.47 Å². The van der Waals surface area contributed by atoms with E-state index in [1.807, 2.05) is 19.1 Å². The molecule has 0 bridgehead atoms. The summed E-state index contributed by atoms with van der Waals surface area (Å²) in [4.78, 5) is 12.3. The average Bonchev–Trinajstić information content (AvgIpc) is 2.76. The van der Waals surface area contributed by atoms with Crippen molar-refractivity contribution in [3.8, 4) is 17.2 Å². The number of ether oxygens (including phenoxy) is 2. The van der Waals surface area contributed by atoms with Crippen LogP contribution in [0, 0.1) is 6.92 Å². The average molecular weight is 282 g/mol. The zero-order chi connectivity index (χ0) is 15.0. The molecule has 0 unspecified atom stereocenters. The number of carbonyl (C=O) groups is 1. The molecule has 4 nitrogen and oxygen atoms in total. The maximum atomic E-state index is 12.3. The topological polar surface area (TPSA) is 55.8 Å². The lowest BCUT2D eigenvalue weighted by molar-refractivity contribution is 0.101. The van der Waals surface area contributed by atoms with E-state index in [0.29, 0.717) is 5.75 Å². The maximum Gasteiger partial charge on any atom is 0.235 e. The number of allylic oxidation sites excluding steroid dienone is 1. The van der Waals surface area contributed by atoms with Crippen molar-refractivity contribution in [3.63, 3.8) is 0 Å². The molecule has 4 heteroatoms. The molecule has 1 N–H and O–H groups in total. The molecule has 1 aliphatic heterocycles. The molecule has 0 aromatic heterocycles. The van der Waals surface area contributed by atoms with Gasteiger partial charge < -0.3 is 14.6 Å². The molecule has 0 saturated carbocycles. The van der Waals surface area contributed by atoms with Crippen LogP contribution in [0.1, 0.15) is 21.5 Å². The van der Waals surface area contributed by atoms with Crippen molar-refractivity contribution in [1.29, 1.82) is 0 Å². The van der Waals surface area contributed by atoms with Gasteiger partial charge >= 0.3 is 0 Å². The second kappa shape index (κ2) is 4.98. The number of phenols is 1. The number of methoxy groups -OCH3 is 1. The smallest absolute Gasteiger partial charge is 0.235 e. The zero-order valence-corrected chi connectivity index (χ0v) is 11.7. The van der Waals surface area contributed by atoms with E-state index in [4.69, 9.17) is 9.47 Å². The van der Waals surface area contributed by atoms with Crippen LogP contribution in [0.25, 0.3) is 6.08 Å². The molecule has 0 spiro atoms. The van der Waals surface area contributed by atoms with Crippen molar-refractivity contribution in [2.75, 3.05) is 7.11 Å². The summed E-state index contributed by atoms with van der Waals surface area (Å²) in [6.07, 6.45) is 1.65. The summed E-state index contributed by atoms with van der Waals surface area (Å²) in [5.41, 5.74) is 1.88. The van der Waals surface area contributed by atoms with Gasteiger partial charge in [-0.05, 0) is 48.4 Å². The SMILES string of the molecule is COc1ccc(C=C2Oc3cc(C)cc(O)c3C2=O)cc1. The first-order chi connectivity index (χ1) is 10.1. The van der Waals surface area contributed by atoms with Crippen LogP contribution in [-0.2, 0) is 0 Å². The van der Waals surface area contributed by atoms with Crippen LogP contribution in [0.2, 0.25) is 0 Å². The van der Waals surface area contributed by atoms with E-state index in [1.54, 1.807) is 37.5 Å². The Kier molecular flexibility index (Phi) is 3.14. The number of aromatic hydroxyl groups is 1. The van der Waals surface area contributed by atoms with E-state index in [9.17, 15) is 9.90 Å². The number of hydrogen-bond donors (Lipinski definition) is 1. The molecule has 3 rings (SSSR count). The quantitative estimate of drug-likeness (QED) is 0.858. The van der Waals surface area contributed by atoms with Gasteiger partial charge in [-0.15, -0.1) is 0 Å². The first-order valence-electron chi connectivity index (χ1n) is 6.50. The highest BCUT2D eigenvalue weighted by atomic mass is 16.5. The Morgan fingerprint density at radius 2 is 1.90 bits per heavy atom. The van der Waals surface area contributed by atoms with Gasteiger partial charge in [0.15, 0.2) is 5.76 Å². The Morgan fingerprint density at radius 3 is 2.57 bits per heavy atom. The van der Waals surface area contributed by atoms with E-state index < -0.39 is 0 Å². The van der Waals surface area contributed by atoms with Crippen LogP contribution in [0.3, 0.4) is 0 Å². The van der Waals surface area contributed by atoms with E-state index >= 15 is 0 Å². The second-order valence-corrected chi connectivity index (χ2v) is 4.87.